The van der Waals surface area contributed by atoms with E-state index >= 15 is 0 Å². The van der Waals surface area contributed by atoms with Crippen LogP contribution in [0.15, 0.2) is 12.1 Å². The molecular weight excluding hydrogens is 244 g/mol. The molecule has 1 aromatic rings. The van der Waals surface area contributed by atoms with Crippen molar-refractivity contribution < 1.29 is 19.4 Å². The zero-order valence-corrected chi connectivity index (χ0v) is 11.8. The van der Waals surface area contributed by atoms with Gasteiger partial charge < -0.3 is 14.6 Å². The fourth-order valence-corrected chi connectivity index (χ4v) is 2.63. The molecule has 4 nitrogen and oxygen atoms in total. The number of carbonyl (C=O) groups is 1. The molecule has 19 heavy (non-hydrogen) atoms. The smallest absolute Gasteiger partial charge is 0.314 e. The summed E-state index contributed by atoms with van der Waals surface area (Å²) in [6.45, 7) is 4.09. The molecule has 1 N–H and O–H groups in total. The van der Waals surface area contributed by atoms with E-state index in [4.69, 9.17) is 9.47 Å². The van der Waals surface area contributed by atoms with Gasteiger partial charge in [-0.2, -0.15) is 0 Å². The first kappa shape index (κ1) is 13.7. The molecule has 0 saturated heterocycles. The van der Waals surface area contributed by atoms with Gasteiger partial charge in [-0.3, -0.25) is 4.79 Å². The minimum atomic E-state index is -0.773. The number of rotatable bonds is 5. The molecule has 0 bridgehead atoms. The second kappa shape index (κ2) is 4.76. The lowest BCUT2D eigenvalue weighted by Gasteiger charge is -2.22. The van der Waals surface area contributed by atoms with Crippen LogP contribution in [0.5, 0.6) is 11.5 Å². The molecule has 0 radical (unpaired) electrons. The number of ether oxygens (including phenoxy) is 2. The van der Waals surface area contributed by atoms with Crippen LogP contribution in [0.25, 0.3) is 0 Å². The van der Waals surface area contributed by atoms with Gasteiger partial charge in [-0.15, -0.1) is 0 Å². The summed E-state index contributed by atoms with van der Waals surface area (Å²) < 4.78 is 10.9. The highest BCUT2D eigenvalue weighted by Gasteiger charge is 2.53. The summed E-state index contributed by atoms with van der Waals surface area (Å²) in [5.74, 6) is 0.839. The van der Waals surface area contributed by atoms with Crippen molar-refractivity contribution in [1.29, 1.82) is 0 Å². The molecule has 1 aliphatic rings. The predicted octanol–water partition coefficient (Wildman–Crippen LogP) is 2.94. The van der Waals surface area contributed by atoms with Crippen LogP contribution in [0.4, 0.5) is 0 Å². The van der Waals surface area contributed by atoms with Crippen molar-refractivity contribution in [2.45, 2.75) is 38.0 Å². The molecule has 104 valence electrons. The SMILES string of the molecule is COc1ccc(C2(C(=O)O)CC2)c(OC)c1C(C)C. The predicted molar refractivity (Wildman–Crippen MR) is 72.2 cm³/mol. The van der Waals surface area contributed by atoms with Gasteiger partial charge in [-0.1, -0.05) is 19.9 Å². The highest BCUT2D eigenvalue weighted by molar-refractivity contribution is 5.86. The maximum Gasteiger partial charge on any atom is 0.314 e. The Morgan fingerprint density at radius 1 is 1.26 bits per heavy atom. The average Bonchev–Trinajstić information content (AvgIpc) is 3.17. The third kappa shape index (κ3) is 2.05. The monoisotopic (exact) mass is 264 g/mol. The molecule has 0 unspecified atom stereocenters. The summed E-state index contributed by atoms with van der Waals surface area (Å²) in [7, 11) is 3.20. The molecule has 0 heterocycles. The number of carboxylic acids is 1. The molecule has 0 aliphatic heterocycles. The normalized spacial score (nSPS) is 16.3. The highest BCUT2D eigenvalue weighted by Crippen LogP contribution is 2.54. The van der Waals surface area contributed by atoms with Crippen LogP contribution >= 0.6 is 0 Å². The lowest BCUT2D eigenvalue weighted by molar-refractivity contribution is -0.140. The summed E-state index contributed by atoms with van der Waals surface area (Å²) in [6, 6.07) is 3.67. The summed E-state index contributed by atoms with van der Waals surface area (Å²) >= 11 is 0. The quantitative estimate of drug-likeness (QED) is 0.888. The fourth-order valence-electron chi connectivity index (χ4n) is 2.63. The molecule has 1 saturated carbocycles. The van der Waals surface area contributed by atoms with Gasteiger partial charge in [0, 0.05) is 11.1 Å². The molecule has 1 aromatic carbocycles. The van der Waals surface area contributed by atoms with Gasteiger partial charge in [0.1, 0.15) is 11.5 Å². The van der Waals surface area contributed by atoms with Gasteiger partial charge in [-0.05, 0) is 24.8 Å². The molecule has 0 aromatic heterocycles. The van der Waals surface area contributed by atoms with Gasteiger partial charge in [0.05, 0.1) is 19.6 Å². The maximum atomic E-state index is 11.5. The van der Waals surface area contributed by atoms with Crippen molar-refractivity contribution in [3.8, 4) is 11.5 Å². The molecule has 0 amide bonds. The number of hydrogen-bond acceptors (Lipinski definition) is 3. The van der Waals surface area contributed by atoms with Crippen molar-refractivity contribution in [3.05, 3.63) is 23.3 Å². The fraction of sp³-hybridized carbons (Fsp3) is 0.533. The van der Waals surface area contributed by atoms with Gasteiger partial charge in [0.25, 0.3) is 0 Å². The van der Waals surface area contributed by atoms with Crippen LogP contribution in [0.1, 0.15) is 43.7 Å². The third-order valence-electron chi connectivity index (χ3n) is 3.83. The van der Waals surface area contributed by atoms with Crippen LogP contribution in [0.3, 0.4) is 0 Å². The molecule has 1 aliphatic carbocycles. The van der Waals surface area contributed by atoms with Crippen molar-refractivity contribution in [3.63, 3.8) is 0 Å². The molecule has 0 atom stereocenters. The first-order chi connectivity index (χ1) is 8.97. The lowest BCUT2D eigenvalue weighted by atomic mass is 9.89. The Balaban J connectivity index is 2.64. The molecular formula is C15H20O4. The molecule has 1 fully saturated rings. The first-order valence-corrected chi connectivity index (χ1v) is 6.46. The number of hydrogen-bond donors (Lipinski definition) is 1. The van der Waals surface area contributed by atoms with Gasteiger partial charge in [0.15, 0.2) is 0 Å². The van der Waals surface area contributed by atoms with Crippen LogP contribution in [-0.4, -0.2) is 25.3 Å². The number of aliphatic carboxylic acids is 1. The summed E-state index contributed by atoms with van der Waals surface area (Å²) in [6.07, 6.45) is 1.34. The Labute approximate surface area is 113 Å². The van der Waals surface area contributed by atoms with Crippen molar-refractivity contribution >= 4 is 5.97 Å². The van der Waals surface area contributed by atoms with Gasteiger partial charge >= 0.3 is 5.97 Å². The van der Waals surface area contributed by atoms with Crippen LogP contribution in [0.2, 0.25) is 0 Å². The zero-order valence-electron chi connectivity index (χ0n) is 11.8. The summed E-state index contributed by atoms with van der Waals surface area (Å²) in [5, 5.41) is 9.45. The molecule has 2 rings (SSSR count). The van der Waals surface area contributed by atoms with E-state index in [-0.39, 0.29) is 5.92 Å². The Morgan fingerprint density at radius 3 is 2.26 bits per heavy atom. The Kier molecular flexibility index (Phi) is 3.43. The number of benzene rings is 1. The van der Waals surface area contributed by atoms with E-state index in [1.54, 1.807) is 14.2 Å². The second-order valence-electron chi connectivity index (χ2n) is 5.30. The summed E-state index contributed by atoms with van der Waals surface area (Å²) in [4.78, 5) is 11.5. The van der Waals surface area contributed by atoms with Crippen molar-refractivity contribution in [2.75, 3.05) is 14.2 Å². The van der Waals surface area contributed by atoms with E-state index in [0.717, 1.165) is 16.9 Å². The topological polar surface area (TPSA) is 55.8 Å². The van der Waals surface area contributed by atoms with Crippen molar-refractivity contribution in [2.24, 2.45) is 0 Å². The molecule has 0 spiro atoms. The first-order valence-electron chi connectivity index (χ1n) is 6.46. The van der Waals surface area contributed by atoms with Crippen molar-refractivity contribution in [1.82, 2.24) is 0 Å². The highest BCUT2D eigenvalue weighted by atomic mass is 16.5. The van der Waals surface area contributed by atoms with E-state index in [1.165, 1.54) is 0 Å². The summed E-state index contributed by atoms with van der Waals surface area (Å²) in [5.41, 5.74) is 0.948. The van der Waals surface area contributed by atoms with Gasteiger partial charge in [0.2, 0.25) is 0 Å². The maximum absolute atomic E-state index is 11.5. The third-order valence-corrected chi connectivity index (χ3v) is 3.83. The standard InChI is InChI=1S/C15H20O4/c1-9(2)12-11(18-3)6-5-10(13(12)19-4)15(7-8-15)14(16)17/h5-6,9H,7-8H2,1-4H3,(H,16,17). The van der Waals surface area contributed by atoms with Crippen LogP contribution in [-0.2, 0) is 10.2 Å². The number of carboxylic acid groups (broad SMARTS) is 1. The lowest BCUT2D eigenvalue weighted by Crippen LogP contribution is -2.21. The molecule has 4 heteroatoms. The van der Waals surface area contributed by atoms with Gasteiger partial charge in [-0.25, -0.2) is 0 Å². The Bertz CT molecular complexity index is 501. The minimum Gasteiger partial charge on any atom is -0.496 e. The largest absolute Gasteiger partial charge is 0.496 e. The van der Waals surface area contributed by atoms with E-state index in [1.807, 2.05) is 26.0 Å². The Hall–Kier alpha value is -1.71. The van der Waals surface area contributed by atoms with Crippen LogP contribution < -0.4 is 9.47 Å². The van der Waals surface area contributed by atoms with E-state index < -0.39 is 11.4 Å². The average molecular weight is 264 g/mol. The van der Waals surface area contributed by atoms with E-state index in [2.05, 4.69) is 0 Å². The Morgan fingerprint density at radius 2 is 1.89 bits per heavy atom. The number of methoxy groups -OCH3 is 2. The van der Waals surface area contributed by atoms with E-state index in [9.17, 15) is 9.90 Å². The van der Waals surface area contributed by atoms with Crippen LogP contribution in [0, 0.1) is 0 Å². The zero-order chi connectivity index (χ0) is 14.2. The minimum absolute atomic E-state index is 0.203. The second-order valence-corrected chi connectivity index (χ2v) is 5.30. The van der Waals surface area contributed by atoms with E-state index in [0.29, 0.717) is 18.6 Å².